The number of amides is 3. The SMILES string of the molecule is O=C(Nc1ccc2c(c1)OCCO2)c1cccc(CN2C(=O)c3ccccc3C2=O)c1. The van der Waals surface area contributed by atoms with Crippen molar-refractivity contribution in [1.82, 2.24) is 4.90 Å². The molecular formula is C24H18N2O5. The van der Waals surface area contributed by atoms with Crippen LogP contribution in [0, 0.1) is 0 Å². The van der Waals surface area contributed by atoms with Gasteiger partial charge in [-0.3, -0.25) is 19.3 Å². The second kappa shape index (κ2) is 7.60. The molecule has 5 rings (SSSR count). The summed E-state index contributed by atoms with van der Waals surface area (Å²) in [5.74, 6) is 0.273. The van der Waals surface area contributed by atoms with Gasteiger partial charge in [-0.25, -0.2) is 0 Å². The van der Waals surface area contributed by atoms with Crippen LogP contribution in [0.5, 0.6) is 11.5 Å². The molecule has 0 bridgehead atoms. The topological polar surface area (TPSA) is 84.9 Å². The molecule has 3 aromatic carbocycles. The Morgan fingerprint density at radius 3 is 2.29 bits per heavy atom. The number of nitrogens with zero attached hydrogens (tertiary/aromatic N) is 1. The van der Waals surface area contributed by atoms with Gasteiger partial charge in [0.15, 0.2) is 11.5 Å². The zero-order valence-corrected chi connectivity index (χ0v) is 16.5. The lowest BCUT2D eigenvalue weighted by Gasteiger charge is -2.19. The predicted octanol–water partition coefficient (Wildman–Crippen LogP) is 3.51. The first-order chi connectivity index (χ1) is 15.1. The maximum atomic E-state index is 12.7. The molecule has 3 aromatic rings. The highest BCUT2D eigenvalue weighted by atomic mass is 16.6. The van der Waals surface area contributed by atoms with Gasteiger partial charge in [-0.2, -0.15) is 0 Å². The maximum Gasteiger partial charge on any atom is 0.261 e. The molecule has 7 nitrogen and oxygen atoms in total. The molecule has 0 unspecified atom stereocenters. The number of carbonyl (C=O) groups is 3. The lowest BCUT2D eigenvalue weighted by Crippen LogP contribution is -2.29. The summed E-state index contributed by atoms with van der Waals surface area (Å²) >= 11 is 0. The Morgan fingerprint density at radius 1 is 0.839 bits per heavy atom. The van der Waals surface area contributed by atoms with Crippen molar-refractivity contribution in [2.24, 2.45) is 0 Å². The van der Waals surface area contributed by atoms with Crippen LogP contribution in [0.2, 0.25) is 0 Å². The molecule has 0 atom stereocenters. The second-order valence-corrected chi connectivity index (χ2v) is 7.25. The van der Waals surface area contributed by atoms with Crippen molar-refractivity contribution in [3.8, 4) is 11.5 Å². The fourth-order valence-corrected chi connectivity index (χ4v) is 3.70. The van der Waals surface area contributed by atoms with Crippen LogP contribution in [-0.2, 0) is 6.54 Å². The van der Waals surface area contributed by atoms with Gasteiger partial charge in [-0.05, 0) is 42.0 Å². The highest BCUT2D eigenvalue weighted by Gasteiger charge is 2.35. The number of fused-ring (bicyclic) bond motifs is 2. The van der Waals surface area contributed by atoms with Crippen molar-refractivity contribution in [1.29, 1.82) is 0 Å². The largest absolute Gasteiger partial charge is 0.486 e. The summed E-state index contributed by atoms with van der Waals surface area (Å²) < 4.78 is 11.0. The van der Waals surface area contributed by atoms with Gasteiger partial charge in [0.2, 0.25) is 0 Å². The number of hydrogen-bond acceptors (Lipinski definition) is 5. The first-order valence-electron chi connectivity index (χ1n) is 9.85. The van der Waals surface area contributed by atoms with Crippen molar-refractivity contribution in [3.05, 3.63) is 89.0 Å². The lowest BCUT2D eigenvalue weighted by molar-refractivity contribution is 0.0642. The summed E-state index contributed by atoms with van der Waals surface area (Å²) in [6.45, 7) is 1.06. The standard InChI is InChI=1S/C24H18N2O5/c27-22(25-17-8-9-20-21(13-17)31-11-10-30-20)16-5-3-4-15(12-16)14-26-23(28)18-6-1-2-7-19(18)24(26)29/h1-9,12-13H,10-11,14H2,(H,25,27). The van der Waals surface area contributed by atoms with E-state index >= 15 is 0 Å². The van der Waals surface area contributed by atoms with Crippen molar-refractivity contribution in [3.63, 3.8) is 0 Å². The normalized spacial score (nSPS) is 14.4. The Hall–Kier alpha value is -4.13. The van der Waals surface area contributed by atoms with Gasteiger partial charge in [-0.15, -0.1) is 0 Å². The second-order valence-electron chi connectivity index (χ2n) is 7.25. The average molecular weight is 414 g/mol. The third-order valence-electron chi connectivity index (χ3n) is 5.21. The molecule has 154 valence electrons. The quantitative estimate of drug-likeness (QED) is 0.661. The summed E-state index contributed by atoms with van der Waals surface area (Å²) in [4.78, 5) is 39.1. The van der Waals surface area contributed by atoms with Gasteiger partial charge < -0.3 is 14.8 Å². The van der Waals surface area contributed by atoms with E-state index in [1.165, 1.54) is 4.90 Å². The van der Waals surface area contributed by atoms with E-state index in [-0.39, 0.29) is 24.3 Å². The Morgan fingerprint density at radius 2 is 1.55 bits per heavy atom. The number of rotatable bonds is 4. The fraction of sp³-hybridized carbons (Fsp3) is 0.125. The number of imide groups is 1. The molecule has 2 aliphatic heterocycles. The molecule has 2 aliphatic rings. The van der Waals surface area contributed by atoms with Crippen LogP contribution in [0.4, 0.5) is 5.69 Å². The molecule has 0 saturated heterocycles. The van der Waals surface area contributed by atoms with Gasteiger partial charge in [0.25, 0.3) is 17.7 Å². The van der Waals surface area contributed by atoms with Crippen LogP contribution >= 0.6 is 0 Å². The third-order valence-corrected chi connectivity index (χ3v) is 5.21. The molecule has 0 spiro atoms. The number of benzene rings is 3. The van der Waals surface area contributed by atoms with E-state index in [9.17, 15) is 14.4 Å². The van der Waals surface area contributed by atoms with Gasteiger partial charge in [0.05, 0.1) is 17.7 Å². The van der Waals surface area contributed by atoms with E-state index in [0.717, 1.165) is 0 Å². The van der Waals surface area contributed by atoms with Crippen molar-refractivity contribution < 1.29 is 23.9 Å². The minimum absolute atomic E-state index is 0.0947. The van der Waals surface area contributed by atoms with Gasteiger partial charge in [0, 0.05) is 17.3 Å². The molecule has 2 heterocycles. The van der Waals surface area contributed by atoms with Crippen molar-refractivity contribution >= 4 is 23.4 Å². The summed E-state index contributed by atoms with van der Waals surface area (Å²) in [5.41, 5.74) is 2.49. The molecule has 7 heteroatoms. The molecule has 3 amide bonds. The fourth-order valence-electron chi connectivity index (χ4n) is 3.70. The van der Waals surface area contributed by atoms with E-state index in [2.05, 4.69) is 5.32 Å². The smallest absolute Gasteiger partial charge is 0.261 e. The van der Waals surface area contributed by atoms with Crippen LogP contribution in [0.1, 0.15) is 36.6 Å². The van der Waals surface area contributed by atoms with Crippen LogP contribution in [0.15, 0.2) is 66.7 Å². The summed E-state index contributed by atoms with van der Waals surface area (Å²) in [6, 6.07) is 18.8. The first kappa shape index (κ1) is 18.9. The Kier molecular flexibility index (Phi) is 4.63. The number of nitrogens with one attached hydrogen (secondary N) is 1. The number of carbonyl (C=O) groups excluding carboxylic acids is 3. The molecule has 0 aromatic heterocycles. The van der Waals surface area contributed by atoms with Crippen LogP contribution in [0.25, 0.3) is 0 Å². The number of ether oxygens (including phenoxy) is 2. The molecule has 1 N–H and O–H groups in total. The van der Waals surface area contributed by atoms with Gasteiger partial charge in [-0.1, -0.05) is 24.3 Å². The highest BCUT2D eigenvalue weighted by Crippen LogP contribution is 2.32. The molecule has 0 aliphatic carbocycles. The average Bonchev–Trinajstić information content (AvgIpc) is 3.04. The van der Waals surface area contributed by atoms with Crippen molar-refractivity contribution in [2.75, 3.05) is 18.5 Å². The summed E-state index contributed by atoms with van der Waals surface area (Å²) in [7, 11) is 0. The van der Waals surface area contributed by atoms with Gasteiger partial charge in [0.1, 0.15) is 13.2 Å². The van der Waals surface area contributed by atoms with E-state index in [1.54, 1.807) is 66.7 Å². The molecule has 31 heavy (non-hydrogen) atoms. The molecular weight excluding hydrogens is 396 g/mol. The minimum Gasteiger partial charge on any atom is -0.486 e. The van der Waals surface area contributed by atoms with Gasteiger partial charge >= 0.3 is 0 Å². The highest BCUT2D eigenvalue weighted by molar-refractivity contribution is 6.21. The molecule has 0 saturated carbocycles. The number of anilines is 1. The zero-order valence-electron chi connectivity index (χ0n) is 16.5. The first-order valence-corrected chi connectivity index (χ1v) is 9.85. The third kappa shape index (κ3) is 3.50. The monoisotopic (exact) mass is 414 g/mol. The zero-order chi connectivity index (χ0) is 21.4. The number of hydrogen-bond donors (Lipinski definition) is 1. The Balaban J connectivity index is 1.32. The predicted molar refractivity (Wildman–Crippen MR) is 112 cm³/mol. The summed E-state index contributed by atoms with van der Waals surface area (Å²) in [5, 5.41) is 2.84. The van der Waals surface area contributed by atoms with Crippen molar-refractivity contribution in [2.45, 2.75) is 6.54 Å². The van der Waals surface area contributed by atoms with E-state index in [0.29, 0.717) is 52.7 Å². The molecule has 0 radical (unpaired) electrons. The Bertz CT molecular complexity index is 1190. The lowest BCUT2D eigenvalue weighted by atomic mass is 10.1. The maximum absolute atomic E-state index is 12.7. The van der Waals surface area contributed by atoms with E-state index in [4.69, 9.17) is 9.47 Å². The van der Waals surface area contributed by atoms with Crippen LogP contribution in [0.3, 0.4) is 0 Å². The Labute approximate surface area is 178 Å². The minimum atomic E-state index is -0.327. The molecule has 0 fully saturated rings. The van der Waals surface area contributed by atoms with Crippen LogP contribution in [-0.4, -0.2) is 35.8 Å². The van der Waals surface area contributed by atoms with Crippen LogP contribution < -0.4 is 14.8 Å². The van der Waals surface area contributed by atoms with E-state index < -0.39 is 0 Å². The van der Waals surface area contributed by atoms with E-state index in [1.807, 2.05) is 0 Å². The summed E-state index contributed by atoms with van der Waals surface area (Å²) in [6.07, 6.45) is 0.